The molecule has 6 nitrogen and oxygen atoms in total. The van der Waals surface area contributed by atoms with Crippen LogP contribution in [0.4, 0.5) is 22.0 Å². The van der Waals surface area contributed by atoms with Crippen molar-refractivity contribution in [3.63, 3.8) is 0 Å². The Morgan fingerprint density at radius 2 is 2.00 bits per heavy atom. The maximum Gasteiger partial charge on any atom is 0.320 e. The molecule has 3 aromatic rings. The van der Waals surface area contributed by atoms with E-state index in [1.54, 1.807) is 18.6 Å². The molecule has 0 bridgehead atoms. The second-order valence-electron chi connectivity index (χ2n) is 4.94. The maximum absolute atomic E-state index is 11.6. The van der Waals surface area contributed by atoms with Gasteiger partial charge in [-0.3, -0.25) is 10.3 Å². The molecule has 2 amide bonds. The molecule has 3 rings (SSSR count). The van der Waals surface area contributed by atoms with Gasteiger partial charge in [0.05, 0.1) is 0 Å². The minimum Gasteiger partial charge on any atom is -0.355 e. The van der Waals surface area contributed by atoms with Crippen LogP contribution in [0, 0.1) is 0 Å². The predicted octanol–water partition coefficient (Wildman–Crippen LogP) is 3.51. The van der Waals surface area contributed by atoms with Gasteiger partial charge >= 0.3 is 6.03 Å². The maximum atomic E-state index is 11.6. The third kappa shape index (κ3) is 3.55. The van der Waals surface area contributed by atoms with E-state index in [2.05, 4.69) is 25.9 Å². The second-order valence-corrected chi connectivity index (χ2v) is 4.94. The van der Waals surface area contributed by atoms with Crippen molar-refractivity contribution in [3.8, 4) is 0 Å². The lowest BCUT2D eigenvalue weighted by Crippen LogP contribution is -2.28. The average molecular weight is 307 g/mol. The number of carbonyl (C=O) groups excluding carboxylic acids is 1. The molecule has 6 heteroatoms. The van der Waals surface area contributed by atoms with Crippen LogP contribution in [-0.4, -0.2) is 22.5 Å². The number of aromatic nitrogens is 2. The summed E-state index contributed by atoms with van der Waals surface area (Å²) in [4.78, 5) is 19.9. The Balaban J connectivity index is 1.88. The first-order valence-corrected chi connectivity index (χ1v) is 7.37. The monoisotopic (exact) mass is 307 g/mol. The molecule has 2 aromatic heterocycles. The van der Waals surface area contributed by atoms with Crippen LogP contribution < -0.4 is 16.0 Å². The van der Waals surface area contributed by atoms with E-state index in [4.69, 9.17) is 0 Å². The van der Waals surface area contributed by atoms with E-state index in [-0.39, 0.29) is 6.03 Å². The number of nitrogens with one attached hydrogen (secondary N) is 3. The molecule has 3 N–H and O–H groups in total. The van der Waals surface area contributed by atoms with Crippen molar-refractivity contribution in [3.05, 3.63) is 55.0 Å². The largest absolute Gasteiger partial charge is 0.355 e. The first-order chi connectivity index (χ1) is 11.3. The molecule has 0 aliphatic rings. The van der Waals surface area contributed by atoms with Crippen LogP contribution in [0.15, 0.2) is 55.0 Å². The Morgan fingerprint density at radius 3 is 2.78 bits per heavy atom. The molecule has 0 saturated carbocycles. The predicted molar refractivity (Wildman–Crippen MR) is 92.0 cm³/mol. The van der Waals surface area contributed by atoms with Gasteiger partial charge in [-0.1, -0.05) is 12.1 Å². The Morgan fingerprint density at radius 1 is 1.17 bits per heavy atom. The third-order valence-corrected chi connectivity index (χ3v) is 3.30. The lowest BCUT2D eigenvalue weighted by Gasteiger charge is -2.11. The highest BCUT2D eigenvalue weighted by Gasteiger charge is 2.05. The number of rotatable bonds is 4. The van der Waals surface area contributed by atoms with Gasteiger partial charge < -0.3 is 10.6 Å². The summed E-state index contributed by atoms with van der Waals surface area (Å²) in [6, 6.07) is 11.3. The molecule has 0 unspecified atom stereocenters. The summed E-state index contributed by atoms with van der Waals surface area (Å²) in [6.07, 6.45) is 5.22. The number of nitrogens with zero attached hydrogens (tertiary/aromatic N) is 2. The zero-order valence-corrected chi connectivity index (χ0v) is 12.7. The quantitative estimate of drug-likeness (QED) is 0.689. The van der Waals surface area contributed by atoms with E-state index in [0.717, 1.165) is 22.1 Å². The lowest BCUT2D eigenvalue weighted by molar-refractivity contribution is 0.252. The minimum atomic E-state index is -0.259. The van der Waals surface area contributed by atoms with E-state index >= 15 is 0 Å². The summed E-state index contributed by atoms with van der Waals surface area (Å²) in [6.45, 7) is 2.43. The molecule has 0 spiro atoms. The van der Waals surface area contributed by atoms with Crippen LogP contribution in [0.2, 0.25) is 0 Å². The molecule has 1 aromatic carbocycles. The van der Waals surface area contributed by atoms with Crippen molar-refractivity contribution in [2.45, 2.75) is 6.92 Å². The number of carbonyl (C=O) groups is 1. The van der Waals surface area contributed by atoms with Gasteiger partial charge in [0, 0.05) is 41.9 Å². The zero-order valence-electron chi connectivity index (χ0n) is 12.7. The van der Waals surface area contributed by atoms with Crippen molar-refractivity contribution in [2.75, 3.05) is 17.2 Å². The fraction of sp³-hybridized carbons (Fsp3) is 0.118. The fourth-order valence-electron chi connectivity index (χ4n) is 2.26. The standard InChI is InChI=1S/C17H17N5O/c1-2-19-17(23)22-16-10-12-4-3-5-15(14(12)11-20-16)21-13-6-8-18-9-7-13/h3-11H,2H2,1H3,(H,18,21)(H2,19,20,22,23). The summed E-state index contributed by atoms with van der Waals surface area (Å²) < 4.78 is 0. The average Bonchev–Trinajstić information content (AvgIpc) is 2.56. The number of hydrogen-bond donors (Lipinski definition) is 3. The van der Waals surface area contributed by atoms with Crippen LogP contribution in [0.1, 0.15) is 6.92 Å². The van der Waals surface area contributed by atoms with Gasteiger partial charge in [-0.15, -0.1) is 0 Å². The number of amides is 2. The Kier molecular flexibility index (Phi) is 4.33. The van der Waals surface area contributed by atoms with Crippen molar-refractivity contribution >= 4 is 34.0 Å². The Hall–Kier alpha value is -3.15. The van der Waals surface area contributed by atoms with Gasteiger partial charge in [-0.25, -0.2) is 9.78 Å². The first kappa shape index (κ1) is 14.8. The van der Waals surface area contributed by atoms with Crippen LogP contribution in [0.5, 0.6) is 0 Å². The van der Waals surface area contributed by atoms with Gasteiger partial charge in [0.2, 0.25) is 0 Å². The van der Waals surface area contributed by atoms with E-state index in [1.807, 2.05) is 43.3 Å². The first-order valence-electron chi connectivity index (χ1n) is 7.37. The van der Waals surface area contributed by atoms with Crippen molar-refractivity contribution in [1.29, 1.82) is 0 Å². The summed E-state index contributed by atoms with van der Waals surface area (Å²) in [5, 5.41) is 10.7. The van der Waals surface area contributed by atoms with Crippen LogP contribution in [0.25, 0.3) is 10.8 Å². The number of benzene rings is 1. The molecule has 23 heavy (non-hydrogen) atoms. The molecule has 0 radical (unpaired) electrons. The van der Waals surface area contributed by atoms with E-state index in [1.165, 1.54) is 0 Å². The number of anilines is 3. The van der Waals surface area contributed by atoms with Crippen molar-refractivity contribution < 1.29 is 4.79 Å². The second kappa shape index (κ2) is 6.74. The summed E-state index contributed by atoms with van der Waals surface area (Å²) >= 11 is 0. The number of pyridine rings is 2. The van der Waals surface area contributed by atoms with Gasteiger partial charge in [0.25, 0.3) is 0 Å². The molecular formula is C17H17N5O. The van der Waals surface area contributed by atoms with Gasteiger partial charge in [0.1, 0.15) is 5.82 Å². The van der Waals surface area contributed by atoms with E-state index in [0.29, 0.717) is 12.4 Å². The summed E-state index contributed by atoms with van der Waals surface area (Å²) in [7, 11) is 0. The molecule has 0 saturated heterocycles. The molecule has 2 heterocycles. The van der Waals surface area contributed by atoms with Crippen LogP contribution in [0.3, 0.4) is 0 Å². The minimum absolute atomic E-state index is 0.259. The Labute approximate surface area is 134 Å². The van der Waals surface area contributed by atoms with Gasteiger partial charge in [-0.2, -0.15) is 0 Å². The molecule has 0 aliphatic carbocycles. The zero-order chi connectivity index (χ0) is 16.1. The normalized spacial score (nSPS) is 10.3. The third-order valence-electron chi connectivity index (χ3n) is 3.30. The number of urea groups is 1. The highest BCUT2D eigenvalue weighted by atomic mass is 16.2. The molecule has 0 fully saturated rings. The topological polar surface area (TPSA) is 78.9 Å². The van der Waals surface area contributed by atoms with E-state index < -0.39 is 0 Å². The molecule has 116 valence electrons. The summed E-state index contributed by atoms with van der Waals surface area (Å²) in [5.41, 5.74) is 1.91. The van der Waals surface area contributed by atoms with E-state index in [9.17, 15) is 4.79 Å². The Bertz CT molecular complexity index is 820. The highest BCUT2D eigenvalue weighted by molar-refractivity contribution is 5.97. The number of fused-ring (bicyclic) bond motifs is 1. The van der Waals surface area contributed by atoms with Crippen molar-refractivity contribution in [2.24, 2.45) is 0 Å². The lowest BCUT2D eigenvalue weighted by atomic mass is 10.1. The van der Waals surface area contributed by atoms with Gasteiger partial charge in [0.15, 0.2) is 0 Å². The molecule has 0 aliphatic heterocycles. The molecule has 0 atom stereocenters. The smallest absolute Gasteiger partial charge is 0.320 e. The van der Waals surface area contributed by atoms with Crippen LogP contribution >= 0.6 is 0 Å². The van der Waals surface area contributed by atoms with Gasteiger partial charge in [-0.05, 0) is 36.6 Å². The van der Waals surface area contributed by atoms with Crippen LogP contribution in [-0.2, 0) is 0 Å². The SMILES string of the molecule is CCNC(=O)Nc1cc2cccc(Nc3ccncc3)c2cn1. The summed E-state index contributed by atoms with van der Waals surface area (Å²) in [5.74, 6) is 0.518. The van der Waals surface area contributed by atoms with Crippen molar-refractivity contribution in [1.82, 2.24) is 15.3 Å². The fourth-order valence-corrected chi connectivity index (χ4v) is 2.26. The molecular weight excluding hydrogens is 290 g/mol. The number of hydrogen-bond acceptors (Lipinski definition) is 4. The highest BCUT2D eigenvalue weighted by Crippen LogP contribution is 2.27.